The predicted octanol–water partition coefficient (Wildman–Crippen LogP) is 2.68. The van der Waals surface area contributed by atoms with Crippen molar-refractivity contribution in [2.75, 3.05) is 32.4 Å². The molecule has 0 unspecified atom stereocenters. The Hall–Kier alpha value is -0.230. The van der Waals surface area contributed by atoms with Crippen LogP contribution in [0.25, 0.3) is 0 Å². The largest absolute Gasteiger partial charge is 0.357 e. The maximum atomic E-state index is 11.6. The van der Waals surface area contributed by atoms with E-state index in [2.05, 4.69) is 15.6 Å². The quantitative estimate of drug-likeness (QED) is 0.219. The lowest BCUT2D eigenvalue weighted by molar-refractivity contribution is 0.424. The number of hydrogen-bond acceptors (Lipinski definition) is 3. The zero-order valence-electron chi connectivity index (χ0n) is 15.6. The smallest absolute Gasteiger partial charge is 0.211 e. The van der Waals surface area contributed by atoms with Gasteiger partial charge in [0, 0.05) is 38.9 Å². The van der Waals surface area contributed by atoms with Crippen LogP contribution < -0.4 is 10.6 Å². The summed E-state index contributed by atoms with van der Waals surface area (Å²) >= 11 is 12.1. The van der Waals surface area contributed by atoms with E-state index in [0.29, 0.717) is 48.7 Å². The van der Waals surface area contributed by atoms with Crippen molar-refractivity contribution in [3.63, 3.8) is 0 Å². The molecule has 1 aromatic rings. The van der Waals surface area contributed by atoms with Crippen molar-refractivity contribution in [1.82, 2.24) is 19.5 Å². The zero-order valence-corrected chi connectivity index (χ0v) is 20.2. The van der Waals surface area contributed by atoms with Crippen LogP contribution in [0.15, 0.2) is 11.1 Å². The van der Waals surface area contributed by atoms with E-state index >= 15 is 0 Å². The normalized spacial score (nSPS) is 12.2. The average molecular weight is 540 g/mol. The van der Waals surface area contributed by atoms with E-state index in [1.165, 1.54) is 10.6 Å². The molecule has 152 valence electrons. The van der Waals surface area contributed by atoms with Crippen LogP contribution in [-0.4, -0.2) is 55.7 Å². The van der Waals surface area contributed by atoms with E-state index < -0.39 is 10.0 Å². The molecule has 0 fully saturated rings. The summed E-state index contributed by atoms with van der Waals surface area (Å²) in [6, 6.07) is 1.79. The molecule has 2 N–H and O–H groups in total. The van der Waals surface area contributed by atoms with Crippen LogP contribution in [0.5, 0.6) is 0 Å². The van der Waals surface area contributed by atoms with Crippen LogP contribution in [-0.2, 0) is 23.6 Å². The molecule has 0 radical (unpaired) electrons. The van der Waals surface area contributed by atoms with Gasteiger partial charge >= 0.3 is 0 Å². The summed E-state index contributed by atoms with van der Waals surface area (Å²) < 4.78 is 26.4. The highest BCUT2D eigenvalue weighted by Gasteiger charge is 2.13. The van der Waals surface area contributed by atoms with Crippen molar-refractivity contribution in [2.24, 2.45) is 12.0 Å². The van der Waals surface area contributed by atoms with Gasteiger partial charge in [0.15, 0.2) is 5.96 Å². The number of aromatic nitrogens is 1. The van der Waals surface area contributed by atoms with Gasteiger partial charge in [-0.05, 0) is 19.4 Å². The van der Waals surface area contributed by atoms with E-state index in [1.54, 1.807) is 10.6 Å². The van der Waals surface area contributed by atoms with Crippen molar-refractivity contribution >= 4 is 63.2 Å². The van der Waals surface area contributed by atoms with Crippen LogP contribution in [0.2, 0.25) is 10.2 Å². The monoisotopic (exact) mass is 539 g/mol. The minimum Gasteiger partial charge on any atom is -0.357 e. The number of nitrogens with one attached hydrogen (secondary N) is 2. The van der Waals surface area contributed by atoms with E-state index in [4.69, 9.17) is 23.2 Å². The third kappa shape index (κ3) is 8.20. The molecule has 0 aromatic carbocycles. The Balaban J connectivity index is 0.00000625. The van der Waals surface area contributed by atoms with Gasteiger partial charge in [-0.15, -0.1) is 24.0 Å². The summed E-state index contributed by atoms with van der Waals surface area (Å²) in [5.74, 6) is 0.665. The molecule has 11 heteroatoms. The molecular formula is C15H28Cl2IN5O2S. The summed E-state index contributed by atoms with van der Waals surface area (Å²) in [5, 5.41) is 7.36. The Morgan fingerprint density at radius 3 is 2.42 bits per heavy atom. The Morgan fingerprint density at radius 1 is 1.31 bits per heavy atom. The van der Waals surface area contributed by atoms with Gasteiger partial charge < -0.3 is 15.2 Å². The third-order valence-electron chi connectivity index (χ3n) is 3.66. The molecular weight excluding hydrogens is 512 g/mol. The molecule has 0 spiro atoms. The van der Waals surface area contributed by atoms with Crippen LogP contribution in [0.4, 0.5) is 0 Å². The van der Waals surface area contributed by atoms with Crippen LogP contribution in [0.3, 0.4) is 0 Å². The van der Waals surface area contributed by atoms with Gasteiger partial charge in [-0.1, -0.05) is 30.1 Å². The molecule has 26 heavy (non-hydrogen) atoms. The minimum absolute atomic E-state index is 0. The maximum absolute atomic E-state index is 11.6. The van der Waals surface area contributed by atoms with Gasteiger partial charge in [0.2, 0.25) is 10.0 Å². The van der Waals surface area contributed by atoms with Gasteiger partial charge in [0.1, 0.15) is 5.15 Å². The first-order valence-electron chi connectivity index (χ1n) is 8.17. The molecule has 0 aliphatic carbocycles. The van der Waals surface area contributed by atoms with Crippen molar-refractivity contribution in [2.45, 2.75) is 26.8 Å². The van der Waals surface area contributed by atoms with Crippen molar-refractivity contribution < 1.29 is 8.42 Å². The lowest BCUT2D eigenvalue weighted by atomic mass is 10.4. The summed E-state index contributed by atoms with van der Waals surface area (Å²) in [6.07, 6.45) is 1.92. The summed E-state index contributed by atoms with van der Waals surface area (Å²) in [5.41, 5.74) is 0.904. The van der Waals surface area contributed by atoms with Crippen LogP contribution in [0, 0.1) is 0 Å². The molecule has 0 saturated heterocycles. The standard InChI is InChI=1S/C15H27Cl2N5O2S.HI/c1-5-18-15(19-8-7-9-22(6-2)25(4,23)24)20-11-12-10-13(16)14(17)21(12)3;/h10H,5-9,11H2,1-4H3,(H2,18,19,20);1H. The Bertz CT molecular complexity index is 694. The fraction of sp³-hybridized carbons (Fsp3) is 0.667. The molecule has 0 amide bonds. The first-order valence-corrected chi connectivity index (χ1v) is 10.8. The van der Waals surface area contributed by atoms with Gasteiger partial charge in [-0.2, -0.15) is 0 Å². The van der Waals surface area contributed by atoms with Crippen molar-refractivity contribution in [3.05, 3.63) is 21.9 Å². The average Bonchev–Trinajstić information content (AvgIpc) is 2.78. The number of nitrogens with zero attached hydrogens (tertiary/aromatic N) is 3. The first kappa shape index (κ1) is 25.8. The molecule has 7 nitrogen and oxygen atoms in total. The predicted molar refractivity (Wildman–Crippen MR) is 120 cm³/mol. The molecule has 0 aliphatic rings. The number of hydrogen-bond donors (Lipinski definition) is 2. The van der Waals surface area contributed by atoms with E-state index in [0.717, 1.165) is 12.2 Å². The highest BCUT2D eigenvalue weighted by Crippen LogP contribution is 2.25. The lowest BCUT2D eigenvalue weighted by Gasteiger charge is -2.18. The Morgan fingerprint density at radius 2 is 1.96 bits per heavy atom. The van der Waals surface area contributed by atoms with Gasteiger partial charge in [-0.25, -0.2) is 17.7 Å². The second-order valence-corrected chi connectivity index (χ2v) is 8.31. The molecule has 1 aromatic heterocycles. The zero-order chi connectivity index (χ0) is 19.0. The molecule has 0 bridgehead atoms. The fourth-order valence-electron chi connectivity index (χ4n) is 2.26. The topological polar surface area (TPSA) is 78.7 Å². The van der Waals surface area contributed by atoms with E-state index in [9.17, 15) is 8.42 Å². The highest BCUT2D eigenvalue weighted by molar-refractivity contribution is 14.0. The third-order valence-corrected chi connectivity index (χ3v) is 5.88. The first-order chi connectivity index (χ1) is 11.7. The minimum atomic E-state index is -3.15. The fourth-order valence-corrected chi connectivity index (χ4v) is 3.61. The second-order valence-electron chi connectivity index (χ2n) is 5.56. The number of guanidine groups is 1. The molecule has 0 atom stereocenters. The van der Waals surface area contributed by atoms with E-state index in [-0.39, 0.29) is 24.0 Å². The van der Waals surface area contributed by atoms with Crippen LogP contribution >= 0.6 is 47.2 Å². The van der Waals surface area contributed by atoms with Gasteiger partial charge in [0.05, 0.1) is 17.8 Å². The van der Waals surface area contributed by atoms with Crippen molar-refractivity contribution in [1.29, 1.82) is 0 Å². The summed E-state index contributed by atoms with van der Waals surface area (Å²) in [7, 11) is -1.31. The Labute approximate surface area is 183 Å². The maximum Gasteiger partial charge on any atom is 0.211 e. The van der Waals surface area contributed by atoms with Crippen molar-refractivity contribution in [3.8, 4) is 0 Å². The summed E-state index contributed by atoms with van der Waals surface area (Å²) in [4.78, 5) is 4.51. The summed E-state index contributed by atoms with van der Waals surface area (Å²) in [6.45, 7) is 6.54. The molecule has 1 rings (SSSR count). The molecule has 0 saturated carbocycles. The highest BCUT2D eigenvalue weighted by atomic mass is 127. The van der Waals surface area contributed by atoms with Gasteiger partial charge in [0.25, 0.3) is 0 Å². The number of aliphatic imine (C=N–C) groups is 1. The Kier molecular flexibility index (Phi) is 12.2. The van der Waals surface area contributed by atoms with Gasteiger partial charge in [-0.3, -0.25) is 0 Å². The molecule has 1 heterocycles. The number of rotatable bonds is 9. The van der Waals surface area contributed by atoms with E-state index in [1.807, 2.05) is 20.9 Å². The lowest BCUT2D eigenvalue weighted by Crippen LogP contribution is -2.39. The van der Waals surface area contributed by atoms with Crippen LogP contribution in [0.1, 0.15) is 26.0 Å². The molecule has 0 aliphatic heterocycles. The number of sulfonamides is 1. The SMILES string of the molecule is CCNC(=NCc1cc(Cl)c(Cl)n1C)NCCCN(CC)S(C)(=O)=O.I. The number of halogens is 3. The second kappa shape index (κ2) is 12.3.